The molecule has 0 bridgehead atoms. The standard InChI is InChI=1S/C25H23N5O3S/c26-14-21-20-9-12-30(25(32)33-13-3-6-18-4-1-10-27-15-18)17-22(20)34-24(21)29-23(31)8-7-19-5-2-11-28-16-19/h1-2,4-5,7-8,10-11,15-16H,3,6,9,12-13,17H2,(H,29,31)/b8-7+. The third-order valence-corrected chi connectivity index (χ3v) is 6.47. The maximum atomic E-state index is 12.5. The van der Waals surface area contributed by atoms with E-state index in [9.17, 15) is 14.9 Å². The second-order valence-corrected chi connectivity index (χ2v) is 8.78. The predicted molar refractivity (Wildman–Crippen MR) is 129 cm³/mol. The molecule has 8 nitrogen and oxygen atoms in total. The van der Waals surface area contributed by atoms with Gasteiger partial charge in [0.25, 0.3) is 0 Å². The van der Waals surface area contributed by atoms with E-state index in [1.54, 1.807) is 35.6 Å². The van der Waals surface area contributed by atoms with Crippen molar-refractivity contribution >= 4 is 34.4 Å². The first kappa shape index (κ1) is 23.1. The zero-order chi connectivity index (χ0) is 23.8. The largest absolute Gasteiger partial charge is 0.449 e. The summed E-state index contributed by atoms with van der Waals surface area (Å²) in [6.07, 6.45) is 11.6. The van der Waals surface area contributed by atoms with Crippen LogP contribution in [0.3, 0.4) is 0 Å². The zero-order valence-electron chi connectivity index (χ0n) is 18.4. The van der Waals surface area contributed by atoms with Crippen LogP contribution in [0.4, 0.5) is 9.80 Å². The van der Waals surface area contributed by atoms with Gasteiger partial charge in [0.2, 0.25) is 5.91 Å². The number of carbonyl (C=O) groups is 2. The van der Waals surface area contributed by atoms with Gasteiger partial charge in [0.05, 0.1) is 18.7 Å². The summed E-state index contributed by atoms with van der Waals surface area (Å²) >= 11 is 1.33. The molecule has 1 aliphatic heterocycles. The van der Waals surface area contributed by atoms with Crippen LogP contribution < -0.4 is 5.32 Å². The number of thiophene rings is 1. The number of fused-ring (bicyclic) bond motifs is 1. The molecule has 2 amide bonds. The first-order chi connectivity index (χ1) is 16.6. The molecule has 0 saturated carbocycles. The molecule has 0 spiro atoms. The lowest BCUT2D eigenvalue weighted by Crippen LogP contribution is -2.36. The molecule has 4 heterocycles. The summed E-state index contributed by atoms with van der Waals surface area (Å²) in [5.74, 6) is -0.330. The molecule has 3 aromatic heterocycles. The van der Waals surface area contributed by atoms with Crippen LogP contribution in [-0.4, -0.2) is 40.0 Å². The Morgan fingerprint density at radius 1 is 1.24 bits per heavy atom. The molecule has 0 unspecified atom stereocenters. The summed E-state index contributed by atoms with van der Waals surface area (Å²) in [6, 6.07) is 9.72. The van der Waals surface area contributed by atoms with Gasteiger partial charge in [-0.15, -0.1) is 11.3 Å². The summed E-state index contributed by atoms with van der Waals surface area (Å²) < 4.78 is 5.44. The first-order valence-electron chi connectivity index (χ1n) is 10.9. The topological polar surface area (TPSA) is 108 Å². The number of pyridine rings is 2. The van der Waals surface area contributed by atoms with E-state index in [0.717, 1.165) is 34.4 Å². The summed E-state index contributed by atoms with van der Waals surface area (Å²) in [7, 11) is 0. The number of rotatable bonds is 7. The molecule has 34 heavy (non-hydrogen) atoms. The molecule has 1 N–H and O–H groups in total. The zero-order valence-corrected chi connectivity index (χ0v) is 19.3. The lowest BCUT2D eigenvalue weighted by molar-refractivity contribution is -0.111. The highest BCUT2D eigenvalue weighted by Gasteiger charge is 2.28. The average molecular weight is 474 g/mol. The number of anilines is 1. The summed E-state index contributed by atoms with van der Waals surface area (Å²) in [6.45, 7) is 1.15. The summed E-state index contributed by atoms with van der Waals surface area (Å²) in [5.41, 5.74) is 3.26. The van der Waals surface area contributed by atoms with Crippen molar-refractivity contribution in [3.05, 3.63) is 82.3 Å². The van der Waals surface area contributed by atoms with E-state index in [1.165, 1.54) is 17.4 Å². The minimum absolute atomic E-state index is 0.329. The Morgan fingerprint density at radius 2 is 2.06 bits per heavy atom. The molecule has 0 saturated heterocycles. The summed E-state index contributed by atoms with van der Waals surface area (Å²) in [4.78, 5) is 35.5. The second kappa shape index (κ2) is 11.2. The van der Waals surface area contributed by atoms with Gasteiger partial charge >= 0.3 is 6.09 Å². The van der Waals surface area contributed by atoms with Gasteiger partial charge in [-0.3, -0.25) is 14.8 Å². The van der Waals surface area contributed by atoms with Gasteiger partial charge in [0.15, 0.2) is 0 Å². The van der Waals surface area contributed by atoms with E-state index in [1.807, 2.05) is 24.4 Å². The number of ether oxygens (including phenoxy) is 1. The highest BCUT2D eigenvalue weighted by molar-refractivity contribution is 7.16. The molecule has 0 atom stereocenters. The lowest BCUT2D eigenvalue weighted by Gasteiger charge is -2.26. The lowest BCUT2D eigenvalue weighted by atomic mass is 10.0. The molecule has 172 valence electrons. The van der Waals surface area contributed by atoms with Gasteiger partial charge in [-0.05, 0) is 54.2 Å². The first-order valence-corrected chi connectivity index (χ1v) is 11.7. The third kappa shape index (κ3) is 5.85. The number of nitriles is 1. The number of carbonyl (C=O) groups excluding carboxylic acids is 2. The van der Waals surface area contributed by atoms with Gasteiger partial charge in [0.1, 0.15) is 11.1 Å². The van der Waals surface area contributed by atoms with E-state index in [-0.39, 0.29) is 12.0 Å². The monoisotopic (exact) mass is 473 g/mol. The van der Waals surface area contributed by atoms with Crippen molar-refractivity contribution in [2.24, 2.45) is 0 Å². The molecule has 4 rings (SSSR count). The Kier molecular flexibility index (Phi) is 7.63. The Labute approximate surface area is 201 Å². The van der Waals surface area contributed by atoms with E-state index in [2.05, 4.69) is 21.4 Å². The van der Waals surface area contributed by atoms with E-state index in [0.29, 0.717) is 36.7 Å². The van der Waals surface area contributed by atoms with Crippen molar-refractivity contribution in [1.29, 1.82) is 5.26 Å². The Bertz CT molecular complexity index is 1220. The van der Waals surface area contributed by atoms with E-state index in [4.69, 9.17) is 4.74 Å². The van der Waals surface area contributed by atoms with Crippen LogP contribution in [0.25, 0.3) is 6.08 Å². The van der Waals surface area contributed by atoms with Crippen molar-refractivity contribution < 1.29 is 14.3 Å². The minimum atomic E-state index is -0.367. The van der Waals surface area contributed by atoms with Crippen LogP contribution in [-0.2, 0) is 28.9 Å². The van der Waals surface area contributed by atoms with Crippen LogP contribution in [0, 0.1) is 11.3 Å². The number of hydrogen-bond acceptors (Lipinski definition) is 7. The van der Waals surface area contributed by atoms with Crippen LogP contribution in [0.2, 0.25) is 0 Å². The predicted octanol–water partition coefficient (Wildman–Crippen LogP) is 4.19. The fourth-order valence-electron chi connectivity index (χ4n) is 3.64. The van der Waals surface area contributed by atoms with Crippen LogP contribution in [0.15, 0.2) is 55.1 Å². The average Bonchev–Trinajstić information content (AvgIpc) is 3.22. The number of hydrogen-bond donors (Lipinski definition) is 1. The molecule has 1 aliphatic rings. The van der Waals surface area contributed by atoms with Gasteiger partial charge < -0.3 is 15.0 Å². The third-order valence-electron chi connectivity index (χ3n) is 5.33. The number of aromatic nitrogens is 2. The maximum absolute atomic E-state index is 12.5. The smallest absolute Gasteiger partial charge is 0.410 e. The van der Waals surface area contributed by atoms with Crippen LogP contribution >= 0.6 is 11.3 Å². The van der Waals surface area contributed by atoms with Crippen molar-refractivity contribution in [3.8, 4) is 6.07 Å². The highest BCUT2D eigenvalue weighted by atomic mass is 32.1. The molecular formula is C25H23N5O3S. The fraction of sp³-hybridized carbons (Fsp3) is 0.240. The van der Waals surface area contributed by atoms with Crippen molar-refractivity contribution in [1.82, 2.24) is 14.9 Å². The molecular weight excluding hydrogens is 450 g/mol. The number of nitrogens with zero attached hydrogens (tertiary/aromatic N) is 4. The molecule has 0 fully saturated rings. The highest BCUT2D eigenvalue weighted by Crippen LogP contribution is 2.36. The number of nitrogens with one attached hydrogen (secondary N) is 1. The van der Waals surface area contributed by atoms with Gasteiger partial charge in [0, 0.05) is 42.3 Å². The second-order valence-electron chi connectivity index (χ2n) is 7.68. The van der Waals surface area contributed by atoms with Crippen molar-refractivity contribution in [3.63, 3.8) is 0 Å². The van der Waals surface area contributed by atoms with E-state index >= 15 is 0 Å². The van der Waals surface area contributed by atoms with Gasteiger partial charge in [-0.2, -0.15) is 5.26 Å². The normalized spacial score (nSPS) is 12.7. The van der Waals surface area contributed by atoms with E-state index < -0.39 is 0 Å². The van der Waals surface area contributed by atoms with Crippen LogP contribution in [0.5, 0.6) is 0 Å². The maximum Gasteiger partial charge on any atom is 0.410 e. The van der Waals surface area contributed by atoms with Gasteiger partial charge in [-0.25, -0.2) is 4.79 Å². The molecule has 9 heteroatoms. The molecule has 0 aliphatic carbocycles. The fourth-order valence-corrected chi connectivity index (χ4v) is 4.86. The van der Waals surface area contributed by atoms with Crippen LogP contribution in [0.1, 0.15) is 33.6 Å². The van der Waals surface area contributed by atoms with Crippen molar-refractivity contribution in [2.75, 3.05) is 18.5 Å². The SMILES string of the molecule is N#Cc1c(NC(=O)/C=C/c2cccnc2)sc2c1CCN(C(=O)OCCCc1cccnc1)C2. The Balaban J connectivity index is 1.32. The molecule has 0 radical (unpaired) electrons. The van der Waals surface area contributed by atoms with Crippen molar-refractivity contribution in [2.45, 2.75) is 25.8 Å². The Hall–Kier alpha value is -4.03. The minimum Gasteiger partial charge on any atom is -0.449 e. The number of aryl methyl sites for hydroxylation is 1. The van der Waals surface area contributed by atoms with Gasteiger partial charge in [-0.1, -0.05) is 12.1 Å². The molecule has 3 aromatic rings. The Morgan fingerprint density at radius 3 is 2.79 bits per heavy atom. The molecule has 0 aromatic carbocycles. The summed E-state index contributed by atoms with van der Waals surface area (Å²) in [5, 5.41) is 13.0. The quantitative estimate of drug-likeness (QED) is 0.407. The number of amides is 2.